The second kappa shape index (κ2) is 7.62. The second-order valence-electron chi connectivity index (χ2n) is 5.03. The third kappa shape index (κ3) is 3.73. The highest BCUT2D eigenvalue weighted by Gasteiger charge is 2.15. The summed E-state index contributed by atoms with van der Waals surface area (Å²) in [5, 5.41) is 14.5. The molecule has 0 aliphatic heterocycles. The number of carbonyl (C=O) groups is 2. The quantitative estimate of drug-likeness (QED) is 0.512. The van der Waals surface area contributed by atoms with Gasteiger partial charge in [0.15, 0.2) is 4.34 Å². The van der Waals surface area contributed by atoms with Crippen molar-refractivity contribution in [3.63, 3.8) is 0 Å². The predicted molar refractivity (Wildman–Crippen MR) is 96.8 cm³/mol. The van der Waals surface area contributed by atoms with Crippen molar-refractivity contribution < 1.29 is 14.3 Å². The van der Waals surface area contributed by atoms with Gasteiger partial charge in [0, 0.05) is 0 Å². The molecule has 3 rings (SSSR count). The molecule has 0 atom stereocenters. The number of methoxy groups -OCH3 is 1. The van der Waals surface area contributed by atoms with Crippen LogP contribution in [0.1, 0.15) is 16.1 Å². The van der Waals surface area contributed by atoms with Gasteiger partial charge in [-0.25, -0.2) is 4.79 Å². The number of aromatic nitrogens is 4. The number of aryl methyl sites for hydroxylation is 1. The van der Waals surface area contributed by atoms with E-state index in [1.807, 2.05) is 0 Å². The molecule has 134 valence electrons. The zero-order valence-corrected chi connectivity index (χ0v) is 15.4. The van der Waals surface area contributed by atoms with Crippen molar-refractivity contribution in [1.29, 1.82) is 0 Å². The lowest BCUT2D eigenvalue weighted by Gasteiger charge is -2.08. The van der Waals surface area contributed by atoms with Crippen molar-refractivity contribution in [2.45, 2.75) is 11.3 Å². The summed E-state index contributed by atoms with van der Waals surface area (Å²) in [5.41, 5.74) is 0.550. The molecule has 1 aromatic carbocycles. The summed E-state index contributed by atoms with van der Waals surface area (Å²) in [7, 11) is 1.27. The molecule has 0 aliphatic carbocycles. The lowest BCUT2D eigenvalue weighted by molar-refractivity contribution is -0.113. The molecule has 9 nitrogen and oxygen atoms in total. The molecule has 0 saturated heterocycles. The van der Waals surface area contributed by atoms with Gasteiger partial charge in [0.1, 0.15) is 5.69 Å². The van der Waals surface area contributed by atoms with Crippen LogP contribution >= 0.6 is 23.1 Å². The maximum atomic E-state index is 12.2. The van der Waals surface area contributed by atoms with E-state index in [1.165, 1.54) is 23.0 Å². The molecule has 2 heterocycles. The van der Waals surface area contributed by atoms with Gasteiger partial charge in [-0.3, -0.25) is 9.59 Å². The monoisotopic (exact) mass is 391 g/mol. The first-order valence-corrected chi connectivity index (χ1v) is 9.13. The SMILES string of the molecule is COC(=O)c1ccccc1NC(=O)CSc1nn2c(=O)c(C)nnc2s1. The van der Waals surface area contributed by atoms with Crippen LogP contribution in [0.3, 0.4) is 0 Å². The number of thioether (sulfide) groups is 1. The van der Waals surface area contributed by atoms with Crippen LogP contribution < -0.4 is 10.9 Å². The molecule has 0 unspecified atom stereocenters. The number of hydrogen-bond donors (Lipinski definition) is 1. The van der Waals surface area contributed by atoms with Gasteiger partial charge in [0.25, 0.3) is 5.56 Å². The van der Waals surface area contributed by atoms with E-state index in [1.54, 1.807) is 31.2 Å². The number of benzene rings is 1. The minimum Gasteiger partial charge on any atom is -0.465 e. The third-order valence-electron chi connectivity index (χ3n) is 3.26. The van der Waals surface area contributed by atoms with Crippen LogP contribution in [0, 0.1) is 6.92 Å². The number of carbonyl (C=O) groups excluding carboxylic acids is 2. The van der Waals surface area contributed by atoms with E-state index < -0.39 is 5.97 Å². The summed E-state index contributed by atoms with van der Waals surface area (Å²) >= 11 is 2.33. The van der Waals surface area contributed by atoms with Crippen molar-refractivity contribution in [2.75, 3.05) is 18.2 Å². The van der Waals surface area contributed by atoms with Gasteiger partial charge in [-0.1, -0.05) is 35.2 Å². The van der Waals surface area contributed by atoms with Crippen molar-refractivity contribution in [2.24, 2.45) is 0 Å². The number of para-hydroxylation sites is 1. The minimum atomic E-state index is -0.534. The van der Waals surface area contributed by atoms with Crippen molar-refractivity contribution in [1.82, 2.24) is 19.8 Å². The molecular formula is C15H13N5O4S2. The number of nitrogens with zero attached hydrogens (tertiary/aromatic N) is 4. The predicted octanol–water partition coefficient (Wildman–Crippen LogP) is 1.37. The van der Waals surface area contributed by atoms with Crippen LogP contribution in [0.15, 0.2) is 33.4 Å². The van der Waals surface area contributed by atoms with Gasteiger partial charge in [-0.15, -0.1) is 15.3 Å². The number of anilines is 1. The van der Waals surface area contributed by atoms with Crippen LogP contribution in [-0.4, -0.2) is 44.6 Å². The number of rotatable bonds is 5. The lowest BCUT2D eigenvalue weighted by atomic mass is 10.2. The van der Waals surface area contributed by atoms with Gasteiger partial charge >= 0.3 is 5.97 Å². The van der Waals surface area contributed by atoms with E-state index in [2.05, 4.69) is 20.6 Å². The van der Waals surface area contributed by atoms with E-state index >= 15 is 0 Å². The van der Waals surface area contributed by atoms with Crippen molar-refractivity contribution >= 4 is 45.6 Å². The molecule has 0 spiro atoms. The van der Waals surface area contributed by atoms with Crippen LogP contribution in [0.5, 0.6) is 0 Å². The van der Waals surface area contributed by atoms with E-state index in [-0.39, 0.29) is 28.5 Å². The van der Waals surface area contributed by atoms with Gasteiger partial charge in [-0.05, 0) is 19.1 Å². The van der Waals surface area contributed by atoms with Crippen LogP contribution in [0.25, 0.3) is 4.96 Å². The number of amides is 1. The average Bonchev–Trinajstić information content (AvgIpc) is 3.07. The Morgan fingerprint density at radius 1 is 1.31 bits per heavy atom. The Bertz CT molecular complexity index is 1050. The largest absolute Gasteiger partial charge is 0.465 e. The number of nitrogens with one attached hydrogen (secondary N) is 1. The molecule has 26 heavy (non-hydrogen) atoms. The maximum absolute atomic E-state index is 12.2. The zero-order valence-electron chi connectivity index (χ0n) is 13.8. The Kier molecular flexibility index (Phi) is 5.28. The van der Waals surface area contributed by atoms with E-state index in [0.717, 1.165) is 11.8 Å². The minimum absolute atomic E-state index is 0.0521. The highest BCUT2D eigenvalue weighted by Crippen LogP contribution is 2.23. The first-order valence-electron chi connectivity index (χ1n) is 7.32. The van der Waals surface area contributed by atoms with Gasteiger partial charge < -0.3 is 10.1 Å². The summed E-state index contributed by atoms with van der Waals surface area (Å²) in [6, 6.07) is 6.56. The highest BCUT2D eigenvalue weighted by molar-refractivity contribution is 8.01. The Balaban J connectivity index is 1.69. The normalized spacial score (nSPS) is 10.7. The smallest absolute Gasteiger partial charge is 0.339 e. The molecule has 2 aromatic heterocycles. The van der Waals surface area contributed by atoms with Crippen molar-refractivity contribution in [3.05, 3.63) is 45.9 Å². The van der Waals surface area contributed by atoms with Gasteiger partial charge in [-0.2, -0.15) is 4.52 Å². The van der Waals surface area contributed by atoms with E-state index in [4.69, 9.17) is 4.74 Å². The summed E-state index contributed by atoms with van der Waals surface area (Å²) in [4.78, 5) is 36.2. The fourth-order valence-corrected chi connectivity index (χ4v) is 3.70. The Morgan fingerprint density at radius 2 is 2.08 bits per heavy atom. The summed E-state index contributed by atoms with van der Waals surface area (Å²) < 4.78 is 6.37. The molecule has 0 fully saturated rings. The molecule has 0 aliphatic rings. The van der Waals surface area contributed by atoms with Crippen molar-refractivity contribution in [3.8, 4) is 0 Å². The highest BCUT2D eigenvalue weighted by atomic mass is 32.2. The summed E-state index contributed by atoms with van der Waals surface area (Å²) in [6.07, 6.45) is 0. The van der Waals surface area contributed by atoms with Gasteiger partial charge in [0.05, 0.1) is 24.1 Å². The Labute approximate surface area is 155 Å². The topological polar surface area (TPSA) is 116 Å². The molecule has 0 radical (unpaired) electrons. The average molecular weight is 391 g/mol. The molecule has 0 saturated carbocycles. The molecular weight excluding hydrogens is 378 g/mol. The first kappa shape index (κ1) is 18.0. The number of hydrogen-bond acceptors (Lipinski definition) is 9. The van der Waals surface area contributed by atoms with E-state index in [9.17, 15) is 14.4 Å². The third-order valence-corrected chi connectivity index (χ3v) is 5.29. The molecule has 0 bridgehead atoms. The van der Waals surface area contributed by atoms with E-state index in [0.29, 0.717) is 15.0 Å². The molecule has 1 amide bonds. The molecule has 11 heteroatoms. The van der Waals surface area contributed by atoms with Crippen LogP contribution in [0.2, 0.25) is 0 Å². The fourth-order valence-electron chi connectivity index (χ4n) is 2.03. The first-order chi connectivity index (χ1) is 12.5. The maximum Gasteiger partial charge on any atom is 0.339 e. The van der Waals surface area contributed by atoms with Crippen LogP contribution in [0.4, 0.5) is 5.69 Å². The Hall–Kier alpha value is -2.79. The summed E-state index contributed by atoms with van der Waals surface area (Å²) in [5.74, 6) is -0.801. The number of ether oxygens (including phenoxy) is 1. The second-order valence-corrected chi connectivity index (χ2v) is 7.21. The number of fused-ring (bicyclic) bond motifs is 1. The summed E-state index contributed by atoms with van der Waals surface area (Å²) in [6.45, 7) is 1.56. The standard InChI is InChI=1S/C15H13N5O4S2/c1-8-12(22)20-14(18-17-8)26-15(19-20)25-7-11(21)16-10-6-4-3-5-9(10)13(23)24-2/h3-6H,7H2,1-2H3,(H,16,21). The van der Waals surface area contributed by atoms with Crippen LogP contribution in [-0.2, 0) is 9.53 Å². The Morgan fingerprint density at radius 3 is 2.85 bits per heavy atom. The molecule has 1 N–H and O–H groups in total. The lowest BCUT2D eigenvalue weighted by Crippen LogP contribution is -2.19. The fraction of sp³-hybridized carbons (Fsp3) is 0.200. The van der Waals surface area contributed by atoms with Gasteiger partial charge in [0.2, 0.25) is 10.9 Å². The number of esters is 1. The molecule has 3 aromatic rings. The zero-order chi connectivity index (χ0) is 18.7.